The van der Waals surface area contributed by atoms with Gasteiger partial charge >= 0.3 is 0 Å². The number of carbonyl (C=O) groups excluding carboxylic acids is 2. The highest BCUT2D eigenvalue weighted by Crippen LogP contribution is 2.54. The molecule has 4 nitrogen and oxygen atoms in total. The van der Waals surface area contributed by atoms with Gasteiger partial charge in [0.05, 0.1) is 11.8 Å². The lowest BCUT2D eigenvalue weighted by atomic mass is 9.71. The maximum atomic E-state index is 13.5. The van der Waals surface area contributed by atoms with Crippen LogP contribution in [0.4, 0.5) is 0 Å². The van der Waals surface area contributed by atoms with Crippen molar-refractivity contribution in [2.45, 2.75) is 51.9 Å². The number of benzene rings is 3. The zero-order valence-corrected chi connectivity index (χ0v) is 21.6. The number of fused-ring (bicyclic) bond motifs is 3. The van der Waals surface area contributed by atoms with Crippen molar-refractivity contribution in [3.8, 4) is 11.1 Å². The molecule has 0 saturated carbocycles. The molecule has 4 aromatic rings. The lowest BCUT2D eigenvalue weighted by molar-refractivity contribution is 0.103. The van der Waals surface area contributed by atoms with Gasteiger partial charge in [0.15, 0.2) is 5.78 Å². The Morgan fingerprint density at radius 1 is 0.811 bits per heavy atom. The molecule has 0 bridgehead atoms. The van der Waals surface area contributed by atoms with Gasteiger partial charge < -0.3 is 4.42 Å². The quantitative estimate of drug-likeness (QED) is 0.192. The third-order valence-corrected chi connectivity index (χ3v) is 7.66. The number of hydrogen-bond acceptors (Lipinski definition) is 4. The van der Waals surface area contributed by atoms with Gasteiger partial charge in [-0.2, -0.15) is 0 Å². The SMILES string of the molecule is CCCC1(CCC)c2cc(C(=O)C(=N)c3ccccc3C)ccc2-c2ccc(C(=O)c3ccoc3)cc21. The fraction of sp³-hybridized carbons (Fsp3) is 0.242. The number of rotatable bonds is 9. The van der Waals surface area contributed by atoms with Crippen LogP contribution in [0.5, 0.6) is 0 Å². The van der Waals surface area contributed by atoms with E-state index in [9.17, 15) is 9.59 Å². The monoisotopic (exact) mass is 489 g/mol. The number of nitrogens with one attached hydrogen (secondary N) is 1. The minimum atomic E-state index is -0.290. The first-order valence-corrected chi connectivity index (χ1v) is 13.0. The Morgan fingerprint density at radius 2 is 1.43 bits per heavy atom. The number of carbonyl (C=O) groups is 2. The number of aryl methyl sites for hydroxylation is 1. The molecule has 1 aliphatic rings. The molecule has 0 saturated heterocycles. The van der Waals surface area contributed by atoms with Crippen LogP contribution >= 0.6 is 0 Å². The van der Waals surface area contributed by atoms with E-state index in [4.69, 9.17) is 9.83 Å². The molecule has 37 heavy (non-hydrogen) atoms. The maximum Gasteiger partial charge on any atom is 0.211 e. The molecular weight excluding hydrogens is 458 g/mol. The van der Waals surface area contributed by atoms with E-state index in [1.807, 2.05) is 67.6 Å². The van der Waals surface area contributed by atoms with Crippen molar-refractivity contribution < 1.29 is 14.0 Å². The van der Waals surface area contributed by atoms with Crippen LogP contribution in [0.3, 0.4) is 0 Å². The molecule has 186 valence electrons. The lowest BCUT2D eigenvalue weighted by Gasteiger charge is -2.32. The molecule has 0 unspecified atom stereocenters. The van der Waals surface area contributed by atoms with Crippen LogP contribution in [0.2, 0.25) is 0 Å². The van der Waals surface area contributed by atoms with Crippen LogP contribution in [0.1, 0.15) is 88.1 Å². The van der Waals surface area contributed by atoms with Crippen LogP contribution in [0, 0.1) is 12.3 Å². The standard InChI is InChI=1S/C33H31NO3/c1-4-15-33(16-5-2)28-18-22(31(35)24-14-17-37-20-24)10-12-26(28)27-13-11-23(19-29(27)33)32(36)30(34)25-9-7-6-8-21(25)3/h6-14,17-20,34H,4-5,15-16H2,1-3H3. The predicted molar refractivity (Wildman–Crippen MR) is 147 cm³/mol. The van der Waals surface area contributed by atoms with Gasteiger partial charge in [0, 0.05) is 22.1 Å². The molecule has 3 aromatic carbocycles. The molecule has 1 aliphatic carbocycles. The van der Waals surface area contributed by atoms with E-state index in [1.165, 1.54) is 12.5 Å². The Balaban J connectivity index is 1.62. The van der Waals surface area contributed by atoms with E-state index >= 15 is 0 Å². The van der Waals surface area contributed by atoms with E-state index in [0.29, 0.717) is 22.3 Å². The Hall–Kier alpha value is -4.05. The normalized spacial score (nSPS) is 13.2. The van der Waals surface area contributed by atoms with Crippen LogP contribution < -0.4 is 0 Å². The summed E-state index contributed by atoms with van der Waals surface area (Å²) in [7, 11) is 0. The lowest BCUT2D eigenvalue weighted by Crippen LogP contribution is -2.26. The second-order valence-electron chi connectivity index (χ2n) is 9.96. The molecular formula is C33H31NO3. The molecule has 1 heterocycles. The van der Waals surface area contributed by atoms with Crippen molar-refractivity contribution in [3.05, 3.63) is 118 Å². The zero-order valence-electron chi connectivity index (χ0n) is 21.6. The molecule has 4 heteroatoms. The number of furan rings is 1. The van der Waals surface area contributed by atoms with E-state index in [-0.39, 0.29) is 22.7 Å². The van der Waals surface area contributed by atoms with Crippen molar-refractivity contribution in [2.24, 2.45) is 0 Å². The van der Waals surface area contributed by atoms with Crippen molar-refractivity contribution in [1.29, 1.82) is 5.41 Å². The van der Waals surface area contributed by atoms with Gasteiger partial charge in [-0.15, -0.1) is 0 Å². The van der Waals surface area contributed by atoms with Gasteiger partial charge in [0.2, 0.25) is 5.78 Å². The summed E-state index contributed by atoms with van der Waals surface area (Å²) in [4.78, 5) is 26.7. The highest BCUT2D eigenvalue weighted by atomic mass is 16.3. The van der Waals surface area contributed by atoms with Gasteiger partial charge in [0.25, 0.3) is 0 Å². The number of hydrogen-bond donors (Lipinski definition) is 1. The molecule has 0 spiro atoms. The van der Waals surface area contributed by atoms with Gasteiger partial charge in [-0.25, -0.2) is 0 Å². The average Bonchev–Trinajstić information content (AvgIpc) is 3.54. The summed E-state index contributed by atoms with van der Waals surface area (Å²) in [5, 5.41) is 8.65. The van der Waals surface area contributed by atoms with Crippen molar-refractivity contribution in [2.75, 3.05) is 0 Å². The van der Waals surface area contributed by atoms with Crippen LogP contribution in [-0.2, 0) is 5.41 Å². The highest BCUT2D eigenvalue weighted by molar-refractivity contribution is 6.50. The number of Topliss-reactive ketones (excluding diaryl/α,β-unsaturated/α-hetero) is 1. The topological polar surface area (TPSA) is 71.1 Å². The van der Waals surface area contributed by atoms with Gasteiger partial charge in [0.1, 0.15) is 12.0 Å². The first-order chi connectivity index (χ1) is 17.9. The van der Waals surface area contributed by atoms with Gasteiger partial charge in [-0.3, -0.25) is 15.0 Å². The van der Waals surface area contributed by atoms with E-state index < -0.39 is 0 Å². The predicted octanol–water partition coefficient (Wildman–Crippen LogP) is 7.94. The van der Waals surface area contributed by atoms with Crippen molar-refractivity contribution in [1.82, 2.24) is 0 Å². The molecule has 5 rings (SSSR count). The summed E-state index contributed by atoms with van der Waals surface area (Å²) in [6.45, 7) is 6.28. The third kappa shape index (κ3) is 4.07. The van der Waals surface area contributed by atoms with Crippen LogP contribution in [0.25, 0.3) is 11.1 Å². The Kier molecular flexibility index (Phi) is 6.51. The summed E-state index contributed by atoms with van der Waals surface area (Å²) in [5.74, 6) is -0.331. The molecule has 0 aliphatic heterocycles. The third-order valence-electron chi connectivity index (χ3n) is 7.66. The fourth-order valence-electron chi connectivity index (χ4n) is 5.98. The Bertz CT molecular complexity index is 1500. The Morgan fingerprint density at radius 3 is 2.03 bits per heavy atom. The van der Waals surface area contributed by atoms with E-state index in [0.717, 1.165) is 53.5 Å². The van der Waals surface area contributed by atoms with E-state index in [2.05, 4.69) is 13.8 Å². The second-order valence-corrected chi connectivity index (χ2v) is 9.96. The van der Waals surface area contributed by atoms with Crippen molar-refractivity contribution in [3.63, 3.8) is 0 Å². The molecule has 0 fully saturated rings. The number of ketones is 2. The molecule has 1 N–H and O–H groups in total. The maximum absolute atomic E-state index is 13.5. The summed E-state index contributed by atoms with van der Waals surface area (Å²) in [6.07, 6.45) is 6.76. The summed E-state index contributed by atoms with van der Waals surface area (Å²) in [6, 6.07) is 21.1. The average molecular weight is 490 g/mol. The zero-order chi connectivity index (χ0) is 26.2. The Labute approximate surface area is 217 Å². The van der Waals surface area contributed by atoms with Gasteiger partial charge in [-0.05, 0) is 65.8 Å². The summed E-state index contributed by atoms with van der Waals surface area (Å²) in [5.41, 5.74) is 7.51. The van der Waals surface area contributed by atoms with Gasteiger partial charge in [-0.1, -0.05) is 75.2 Å². The smallest absolute Gasteiger partial charge is 0.211 e. The minimum absolute atomic E-state index is 0.0122. The largest absolute Gasteiger partial charge is 0.472 e. The van der Waals surface area contributed by atoms with Crippen molar-refractivity contribution >= 4 is 17.3 Å². The summed E-state index contributed by atoms with van der Waals surface area (Å²) < 4.78 is 5.14. The molecule has 0 amide bonds. The molecule has 0 radical (unpaired) electrons. The second kappa shape index (κ2) is 9.78. The first kappa shape index (κ1) is 24.6. The summed E-state index contributed by atoms with van der Waals surface area (Å²) >= 11 is 0. The van der Waals surface area contributed by atoms with Crippen LogP contribution in [0.15, 0.2) is 83.7 Å². The van der Waals surface area contributed by atoms with E-state index in [1.54, 1.807) is 6.07 Å². The van der Waals surface area contributed by atoms with Crippen LogP contribution in [-0.4, -0.2) is 17.3 Å². The first-order valence-electron chi connectivity index (χ1n) is 13.0. The minimum Gasteiger partial charge on any atom is -0.472 e. The fourth-order valence-corrected chi connectivity index (χ4v) is 5.98. The molecule has 0 atom stereocenters. The molecule has 1 aromatic heterocycles. The highest BCUT2D eigenvalue weighted by Gasteiger charge is 2.42.